The van der Waals surface area contributed by atoms with Gasteiger partial charge in [0.25, 0.3) is 5.91 Å². The van der Waals surface area contributed by atoms with Crippen LogP contribution in [0.3, 0.4) is 0 Å². The number of para-hydroxylation sites is 1. The van der Waals surface area contributed by atoms with Gasteiger partial charge in [-0.15, -0.1) is 0 Å². The van der Waals surface area contributed by atoms with E-state index in [1.807, 2.05) is 25.1 Å². The summed E-state index contributed by atoms with van der Waals surface area (Å²) in [6.07, 6.45) is 3.69. The van der Waals surface area contributed by atoms with Crippen molar-refractivity contribution in [1.29, 1.82) is 0 Å². The van der Waals surface area contributed by atoms with Crippen LogP contribution in [0.4, 0.5) is 0 Å². The van der Waals surface area contributed by atoms with Crippen LogP contribution in [-0.4, -0.2) is 55.5 Å². The van der Waals surface area contributed by atoms with Gasteiger partial charge in [-0.1, -0.05) is 39.0 Å². The Morgan fingerprint density at radius 3 is 2.57 bits per heavy atom. The summed E-state index contributed by atoms with van der Waals surface area (Å²) in [4.78, 5) is 26.3. The first-order valence-corrected chi connectivity index (χ1v) is 10.5. The van der Waals surface area contributed by atoms with Gasteiger partial charge in [0, 0.05) is 25.7 Å². The normalized spacial score (nSPS) is 16.4. The number of carbonyl (C=O) groups excluding carboxylic acids is 2. The standard InChI is InChI=1S/C22H35N3O3/c1-4-12-23-21(26)15-25-13-10-18(11-14-25)24-22(27)16-28-20-9-7-6-8-19(20)17(3)5-2/h6-9,17-18H,4-5,10-16H2,1-3H3,(H,23,26)(H,24,27). The number of carbonyl (C=O) groups is 2. The van der Waals surface area contributed by atoms with Crippen molar-refractivity contribution in [2.45, 2.75) is 58.4 Å². The summed E-state index contributed by atoms with van der Waals surface area (Å²) in [6, 6.07) is 8.08. The van der Waals surface area contributed by atoms with Crippen LogP contribution in [0.2, 0.25) is 0 Å². The summed E-state index contributed by atoms with van der Waals surface area (Å²) < 4.78 is 5.80. The Morgan fingerprint density at radius 2 is 1.89 bits per heavy atom. The smallest absolute Gasteiger partial charge is 0.258 e. The van der Waals surface area contributed by atoms with Crippen LogP contribution in [0.25, 0.3) is 0 Å². The number of nitrogens with zero attached hydrogens (tertiary/aromatic N) is 1. The Kier molecular flexibility index (Phi) is 9.28. The molecule has 1 aliphatic heterocycles. The van der Waals surface area contributed by atoms with E-state index < -0.39 is 0 Å². The summed E-state index contributed by atoms with van der Waals surface area (Å²) in [6.45, 7) is 9.20. The lowest BCUT2D eigenvalue weighted by molar-refractivity contribution is -0.125. The van der Waals surface area contributed by atoms with E-state index in [1.165, 1.54) is 0 Å². The second-order valence-corrected chi connectivity index (χ2v) is 7.60. The van der Waals surface area contributed by atoms with E-state index in [0.717, 1.165) is 56.6 Å². The van der Waals surface area contributed by atoms with Gasteiger partial charge in [-0.2, -0.15) is 0 Å². The van der Waals surface area contributed by atoms with Crippen molar-refractivity contribution in [3.05, 3.63) is 29.8 Å². The number of likely N-dealkylation sites (tertiary alicyclic amines) is 1. The summed E-state index contributed by atoms with van der Waals surface area (Å²) in [5.74, 6) is 1.19. The van der Waals surface area contributed by atoms with E-state index in [0.29, 0.717) is 12.5 Å². The zero-order valence-electron chi connectivity index (χ0n) is 17.5. The Morgan fingerprint density at radius 1 is 1.18 bits per heavy atom. The lowest BCUT2D eigenvalue weighted by Crippen LogP contribution is -2.48. The Balaban J connectivity index is 1.71. The highest BCUT2D eigenvalue weighted by Crippen LogP contribution is 2.28. The molecule has 1 aliphatic rings. The molecular weight excluding hydrogens is 354 g/mol. The molecule has 1 fully saturated rings. The molecule has 0 radical (unpaired) electrons. The average molecular weight is 390 g/mol. The van der Waals surface area contributed by atoms with Gasteiger partial charge in [0.05, 0.1) is 6.54 Å². The lowest BCUT2D eigenvalue weighted by Gasteiger charge is -2.31. The summed E-state index contributed by atoms with van der Waals surface area (Å²) >= 11 is 0. The summed E-state index contributed by atoms with van der Waals surface area (Å²) in [5.41, 5.74) is 1.15. The van der Waals surface area contributed by atoms with E-state index in [-0.39, 0.29) is 24.5 Å². The highest BCUT2D eigenvalue weighted by atomic mass is 16.5. The molecule has 0 spiro atoms. The zero-order valence-corrected chi connectivity index (χ0v) is 17.5. The Bertz CT molecular complexity index is 627. The number of rotatable bonds is 10. The molecule has 0 aromatic heterocycles. The number of benzene rings is 1. The molecule has 1 atom stereocenters. The minimum atomic E-state index is -0.0851. The molecule has 2 rings (SSSR count). The van der Waals surface area contributed by atoms with Crippen molar-refractivity contribution in [3.63, 3.8) is 0 Å². The van der Waals surface area contributed by atoms with E-state index >= 15 is 0 Å². The molecule has 1 aromatic rings. The Labute approximate surface area is 169 Å². The molecule has 2 N–H and O–H groups in total. The molecular formula is C22H35N3O3. The van der Waals surface area contributed by atoms with E-state index in [1.54, 1.807) is 0 Å². The third-order valence-electron chi connectivity index (χ3n) is 5.31. The van der Waals surface area contributed by atoms with Crippen LogP contribution in [0.15, 0.2) is 24.3 Å². The van der Waals surface area contributed by atoms with Gasteiger partial charge < -0.3 is 15.4 Å². The van der Waals surface area contributed by atoms with Crippen molar-refractivity contribution in [2.75, 3.05) is 32.8 Å². The molecule has 2 amide bonds. The van der Waals surface area contributed by atoms with Gasteiger partial charge in [-0.05, 0) is 43.2 Å². The van der Waals surface area contributed by atoms with Gasteiger partial charge in [-0.3, -0.25) is 14.5 Å². The van der Waals surface area contributed by atoms with Crippen molar-refractivity contribution in [3.8, 4) is 5.75 Å². The molecule has 156 valence electrons. The maximum Gasteiger partial charge on any atom is 0.258 e. The van der Waals surface area contributed by atoms with Gasteiger partial charge in [-0.25, -0.2) is 0 Å². The van der Waals surface area contributed by atoms with Crippen LogP contribution < -0.4 is 15.4 Å². The van der Waals surface area contributed by atoms with E-state index in [4.69, 9.17) is 4.74 Å². The second kappa shape index (κ2) is 11.7. The summed E-state index contributed by atoms with van der Waals surface area (Å²) in [5, 5.41) is 5.97. The number of hydrogen-bond acceptors (Lipinski definition) is 4. The maximum atomic E-state index is 12.3. The lowest BCUT2D eigenvalue weighted by atomic mass is 9.98. The number of piperidine rings is 1. The first-order chi connectivity index (χ1) is 13.5. The molecule has 28 heavy (non-hydrogen) atoms. The van der Waals surface area contributed by atoms with Crippen LogP contribution in [0.5, 0.6) is 5.75 Å². The fraction of sp³-hybridized carbons (Fsp3) is 0.636. The molecule has 0 aliphatic carbocycles. The highest BCUT2D eigenvalue weighted by Gasteiger charge is 2.22. The molecule has 1 heterocycles. The monoisotopic (exact) mass is 389 g/mol. The number of amides is 2. The number of nitrogens with one attached hydrogen (secondary N) is 2. The van der Waals surface area contributed by atoms with Gasteiger partial charge in [0.15, 0.2) is 6.61 Å². The van der Waals surface area contributed by atoms with Crippen LogP contribution >= 0.6 is 0 Å². The zero-order chi connectivity index (χ0) is 20.4. The summed E-state index contributed by atoms with van der Waals surface area (Å²) in [7, 11) is 0. The highest BCUT2D eigenvalue weighted by molar-refractivity contribution is 5.78. The molecule has 6 nitrogen and oxygen atoms in total. The molecule has 6 heteroatoms. The quantitative estimate of drug-likeness (QED) is 0.645. The number of hydrogen-bond donors (Lipinski definition) is 2. The molecule has 0 bridgehead atoms. The molecule has 0 saturated carbocycles. The topological polar surface area (TPSA) is 70.7 Å². The van der Waals surface area contributed by atoms with Crippen molar-refractivity contribution in [1.82, 2.24) is 15.5 Å². The van der Waals surface area contributed by atoms with Crippen molar-refractivity contribution >= 4 is 11.8 Å². The first kappa shape index (κ1) is 22.2. The largest absolute Gasteiger partial charge is 0.483 e. The minimum absolute atomic E-state index is 0.0348. The maximum absolute atomic E-state index is 12.3. The fourth-order valence-corrected chi connectivity index (χ4v) is 3.41. The van der Waals surface area contributed by atoms with Gasteiger partial charge in [0.2, 0.25) is 5.91 Å². The molecule has 1 aromatic carbocycles. The van der Waals surface area contributed by atoms with Crippen LogP contribution in [-0.2, 0) is 9.59 Å². The average Bonchev–Trinajstić information content (AvgIpc) is 2.71. The predicted octanol–water partition coefficient (Wildman–Crippen LogP) is 2.69. The SMILES string of the molecule is CCCNC(=O)CN1CCC(NC(=O)COc2ccccc2C(C)CC)CC1. The molecule has 1 unspecified atom stereocenters. The Hall–Kier alpha value is -2.08. The minimum Gasteiger partial charge on any atom is -0.483 e. The van der Waals surface area contributed by atoms with Crippen molar-refractivity contribution in [2.24, 2.45) is 0 Å². The van der Waals surface area contributed by atoms with Gasteiger partial charge in [0.1, 0.15) is 5.75 Å². The molecule has 1 saturated heterocycles. The third kappa shape index (κ3) is 7.15. The second-order valence-electron chi connectivity index (χ2n) is 7.60. The first-order valence-electron chi connectivity index (χ1n) is 10.5. The third-order valence-corrected chi connectivity index (χ3v) is 5.31. The van der Waals surface area contributed by atoms with Crippen molar-refractivity contribution < 1.29 is 14.3 Å². The fourth-order valence-electron chi connectivity index (χ4n) is 3.41. The van der Waals surface area contributed by atoms with Crippen LogP contribution in [0, 0.1) is 0 Å². The van der Waals surface area contributed by atoms with Crippen LogP contribution in [0.1, 0.15) is 57.9 Å². The van der Waals surface area contributed by atoms with E-state index in [2.05, 4.69) is 35.4 Å². The van der Waals surface area contributed by atoms with E-state index in [9.17, 15) is 9.59 Å². The predicted molar refractivity (Wildman–Crippen MR) is 112 cm³/mol. The van der Waals surface area contributed by atoms with Gasteiger partial charge >= 0.3 is 0 Å². The number of ether oxygens (including phenoxy) is 1.